The van der Waals surface area contributed by atoms with E-state index in [2.05, 4.69) is 23.3 Å². The smallest absolute Gasteiger partial charge is 0.0623 e. The van der Waals surface area contributed by atoms with Crippen LogP contribution in [0.1, 0.15) is 16.8 Å². The van der Waals surface area contributed by atoms with Gasteiger partial charge in [0.05, 0.1) is 12.2 Å². The molecule has 3 nitrogen and oxygen atoms in total. The molecule has 2 rings (SSSR count). The highest BCUT2D eigenvalue weighted by Crippen LogP contribution is 2.21. The topological polar surface area (TPSA) is 50.9 Å². The number of nitrogens with two attached hydrogens (primary N) is 1. The van der Waals surface area contributed by atoms with E-state index in [-0.39, 0.29) is 0 Å². The van der Waals surface area contributed by atoms with Gasteiger partial charge in [0.25, 0.3) is 0 Å². The Morgan fingerprint density at radius 3 is 2.76 bits per heavy atom. The molecule has 0 aliphatic carbocycles. The normalized spacial score (nSPS) is 10.2. The van der Waals surface area contributed by atoms with Crippen LogP contribution in [-0.4, -0.2) is 4.98 Å². The van der Waals surface area contributed by atoms with Gasteiger partial charge in [-0.15, -0.1) is 0 Å². The number of nitrogens with one attached hydrogen (secondary N) is 1. The van der Waals surface area contributed by atoms with Crippen molar-refractivity contribution in [2.45, 2.75) is 20.4 Å². The van der Waals surface area contributed by atoms with Crippen molar-refractivity contribution in [2.24, 2.45) is 0 Å². The maximum atomic E-state index is 5.86. The maximum Gasteiger partial charge on any atom is 0.0623 e. The van der Waals surface area contributed by atoms with Crippen LogP contribution < -0.4 is 11.1 Å². The molecular weight excluding hydrogens is 210 g/mol. The molecule has 0 radical (unpaired) electrons. The number of nitrogens with zero attached hydrogens (tertiary/aromatic N) is 1. The molecule has 0 saturated heterocycles. The highest BCUT2D eigenvalue weighted by atomic mass is 14.9. The lowest BCUT2D eigenvalue weighted by Gasteiger charge is -2.11. The number of aryl methyl sites for hydroxylation is 1. The van der Waals surface area contributed by atoms with Crippen LogP contribution in [0.5, 0.6) is 0 Å². The van der Waals surface area contributed by atoms with E-state index >= 15 is 0 Å². The number of aromatic nitrogens is 1. The average Bonchev–Trinajstić information content (AvgIpc) is 2.33. The van der Waals surface area contributed by atoms with Crippen molar-refractivity contribution in [3.05, 3.63) is 53.3 Å². The Morgan fingerprint density at radius 1 is 1.18 bits per heavy atom. The molecule has 1 heterocycles. The summed E-state index contributed by atoms with van der Waals surface area (Å²) in [5, 5.41) is 3.37. The Hall–Kier alpha value is -2.03. The second-order valence-electron chi connectivity index (χ2n) is 4.14. The highest BCUT2D eigenvalue weighted by molar-refractivity contribution is 5.62. The summed E-state index contributed by atoms with van der Waals surface area (Å²) in [5.41, 5.74) is 11.1. The number of benzene rings is 1. The van der Waals surface area contributed by atoms with E-state index in [4.69, 9.17) is 5.73 Å². The summed E-state index contributed by atoms with van der Waals surface area (Å²) in [7, 11) is 0. The average molecular weight is 227 g/mol. The minimum Gasteiger partial charge on any atom is -0.398 e. The first-order valence-corrected chi connectivity index (χ1v) is 5.68. The highest BCUT2D eigenvalue weighted by Gasteiger charge is 2.02. The fraction of sp³-hybridized carbons (Fsp3) is 0.214. The molecular formula is C14H17N3. The van der Waals surface area contributed by atoms with Crippen LogP contribution in [-0.2, 0) is 6.54 Å². The molecule has 17 heavy (non-hydrogen) atoms. The van der Waals surface area contributed by atoms with Crippen LogP contribution in [0, 0.1) is 13.8 Å². The predicted molar refractivity (Wildman–Crippen MR) is 71.9 cm³/mol. The van der Waals surface area contributed by atoms with E-state index in [9.17, 15) is 0 Å². The molecule has 0 aliphatic heterocycles. The van der Waals surface area contributed by atoms with Gasteiger partial charge < -0.3 is 11.1 Å². The summed E-state index contributed by atoms with van der Waals surface area (Å²) in [6.07, 6.45) is 1.82. The molecule has 0 atom stereocenters. The minimum atomic E-state index is 0.719. The summed E-state index contributed by atoms with van der Waals surface area (Å²) in [6, 6.07) is 9.91. The van der Waals surface area contributed by atoms with Crippen molar-refractivity contribution < 1.29 is 0 Å². The first-order valence-electron chi connectivity index (χ1n) is 5.68. The van der Waals surface area contributed by atoms with Crippen LogP contribution in [0.3, 0.4) is 0 Å². The monoisotopic (exact) mass is 227 g/mol. The molecule has 0 spiro atoms. The summed E-state index contributed by atoms with van der Waals surface area (Å²) in [4.78, 5) is 4.35. The van der Waals surface area contributed by atoms with E-state index in [1.54, 1.807) is 0 Å². The molecule has 88 valence electrons. The van der Waals surface area contributed by atoms with Gasteiger partial charge in [-0.3, -0.25) is 4.98 Å². The van der Waals surface area contributed by atoms with Crippen molar-refractivity contribution in [1.29, 1.82) is 0 Å². The van der Waals surface area contributed by atoms with Gasteiger partial charge in [0.1, 0.15) is 0 Å². The van der Waals surface area contributed by atoms with Gasteiger partial charge in [-0.1, -0.05) is 12.1 Å². The third-order valence-corrected chi connectivity index (χ3v) is 2.94. The number of anilines is 2. The Labute approximate surface area is 102 Å². The third kappa shape index (κ3) is 2.56. The van der Waals surface area contributed by atoms with Crippen LogP contribution in [0.25, 0.3) is 0 Å². The number of hydrogen-bond donors (Lipinski definition) is 2. The molecule has 0 amide bonds. The quantitative estimate of drug-likeness (QED) is 0.793. The molecule has 0 bridgehead atoms. The second-order valence-corrected chi connectivity index (χ2v) is 4.14. The minimum absolute atomic E-state index is 0.719. The lowest BCUT2D eigenvalue weighted by atomic mass is 10.1. The zero-order valence-electron chi connectivity index (χ0n) is 10.2. The van der Waals surface area contributed by atoms with Crippen LogP contribution in [0.4, 0.5) is 11.4 Å². The Balaban J connectivity index is 2.13. The van der Waals surface area contributed by atoms with Gasteiger partial charge in [0, 0.05) is 17.6 Å². The molecule has 1 aromatic carbocycles. The Morgan fingerprint density at radius 2 is 2.00 bits per heavy atom. The van der Waals surface area contributed by atoms with E-state index in [0.717, 1.165) is 29.2 Å². The first kappa shape index (κ1) is 11.5. The summed E-state index contributed by atoms with van der Waals surface area (Å²) in [5.74, 6) is 0. The van der Waals surface area contributed by atoms with Gasteiger partial charge >= 0.3 is 0 Å². The van der Waals surface area contributed by atoms with Crippen molar-refractivity contribution in [2.75, 3.05) is 11.1 Å². The lowest BCUT2D eigenvalue weighted by molar-refractivity contribution is 1.02. The number of pyridine rings is 1. The van der Waals surface area contributed by atoms with Crippen LogP contribution in [0.15, 0.2) is 36.5 Å². The molecule has 3 heteroatoms. The molecule has 2 aromatic rings. The van der Waals surface area contributed by atoms with Crippen molar-refractivity contribution >= 4 is 11.4 Å². The predicted octanol–water partition coefficient (Wildman–Crippen LogP) is 2.89. The Kier molecular flexibility index (Phi) is 3.28. The van der Waals surface area contributed by atoms with Crippen molar-refractivity contribution in [3.63, 3.8) is 0 Å². The van der Waals surface area contributed by atoms with Gasteiger partial charge in [0.2, 0.25) is 0 Å². The summed E-state index contributed by atoms with van der Waals surface area (Å²) < 4.78 is 0. The van der Waals surface area contributed by atoms with Gasteiger partial charge in [0.15, 0.2) is 0 Å². The number of hydrogen-bond acceptors (Lipinski definition) is 3. The first-order chi connectivity index (χ1) is 8.18. The zero-order chi connectivity index (χ0) is 12.3. The third-order valence-electron chi connectivity index (χ3n) is 2.94. The molecule has 0 aliphatic rings. The molecule has 1 aromatic heterocycles. The standard InChI is InChI=1S/C14H17N3/c1-10-5-4-8-16-14(10)9-17-13-7-3-6-12(15)11(13)2/h3-8,17H,9,15H2,1-2H3. The fourth-order valence-electron chi connectivity index (χ4n) is 1.73. The summed E-state index contributed by atoms with van der Waals surface area (Å²) >= 11 is 0. The van der Waals surface area contributed by atoms with E-state index < -0.39 is 0 Å². The van der Waals surface area contributed by atoms with Crippen LogP contribution >= 0.6 is 0 Å². The van der Waals surface area contributed by atoms with Crippen molar-refractivity contribution in [3.8, 4) is 0 Å². The van der Waals surface area contributed by atoms with Crippen molar-refractivity contribution in [1.82, 2.24) is 4.98 Å². The molecule has 0 unspecified atom stereocenters. The van der Waals surface area contributed by atoms with E-state index in [1.807, 2.05) is 37.4 Å². The molecule has 3 N–H and O–H groups in total. The van der Waals surface area contributed by atoms with E-state index in [0.29, 0.717) is 0 Å². The van der Waals surface area contributed by atoms with Crippen LogP contribution in [0.2, 0.25) is 0 Å². The number of rotatable bonds is 3. The fourth-order valence-corrected chi connectivity index (χ4v) is 1.73. The van der Waals surface area contributed by atoms with Gasteiger partial charge in [-0.25, -0.2) is 0 Å². The zero-order valence-corrected chi connectivity index (χ0v) is 10.2. The van der Waals surface area contributed by atoms with Gasteiger partial charge in [-0.2, -0.15) is 0 Å². The Bertz CT molecular complexity index is 521. The lowest BCUT2D eigenvalue weighted by Crippen LogP contribution is -2.05. The molecule has 0 fully saturated rings. The second kappa shape index (κ2) is 4.87. The van der Waals surface area contributed by atoms with Gasteiger partial charge in [-0.05, 0) is 43.2 Å². The number of nitrogen functional groups attached to an aromatic ring is 1. The maximum absolute atomic E-state index is 5.86. The SMILES string of the molecule is Cc1cccnc1CNc1cccc(N)c1C. The van der Waals surface area contributed by atoms with E-state index in [1.165, 1.54) is 5.56 Å². The summed E-state index contributed by atoms with van der Waals surface area (Å²) in [6.45, 7) is 4.80. The molecule has 0 saturated carbocycles. The largest absolute Gasteiger partial charge is 0.398 e.